The summed E-state index contributed by atoms with van der Waals surface area (Å²) in [6.07, 6.45) is 5.71. The normalized spacial score (nSPS) is 30.2. The molecule has 3 unspecified atom stereocenters. The van der Waals surface area contributed by atoms with Crippen molar-refractivity contribution in [3.63, 3.8) is 0 Å². The van der Waals surface area contributed by atoms with Gasteiger partial charge in [0.15, 0.2) is 0 Å². The van der Waals surface area contributed by atoms with Gasteiger partial charge in [-0.1, -0.05) is 13.3 Å². The molecule has 3 nitrogen and oxygen atoms in total. The van der Waals surface area contributed by atoms with Gasteiger partial charge in [0, 0.05) is 6.04 Å². The van der Waals surface area contributed by atoms with Crippen molar-refractivity contribution < 1.29 is 5.11 Å². The van der Waals surface area contributed by atoms with Gasteiger partial charge in [-0.2, -0.15) is 0 Å². The maximum absolute atomic E-state index is 10.1. The maximum Gasteiger partial charge on any atom is 0.0695 e. The summed E-state index contributed by atoms with van der Waals surface area (Å²) < 4.78 is 0. The summed E-state index contributed by atoms with van der Waals surface area (Å²) in [7, 11) is 6.40. The van der Waals surface area contributed by atoms with Gasteiger partial charge in [0.2, 0.25) is 0 Å². The van der Waals surface area contributed by atoms with Gasteiger partial charge >= 0.3 is 0 Å². The summed E-state index contributed by atoms with van der Waals surface area (Å²) in [6, 6.07) is 0.385. The predicted octanol–water partition coefficient (Wildman–Crippen LogP) is 1.81. The molecule has 1 saturated carbocycles. The first-order valence-electron chi connectivity index (χ1n) is 7.07. The molecule has 102 valence electrons. The van der Waals surface area contributed by atoms with E-state index in [-0.39, 0.29) is 6.10 Å². The second kappa shape index (κ2) is 7.34. The van der Waals surface area contributed by atoms with Crippen LogP contribution in [-0.2, 0) is 0 Å². The number of nitrogens with zero attached hydrogens (tertiary/aromatic N) is 2. The maximum atomic E-state index is 10.1. The number of aliphatic hydroxyl groups is 1. The lowest BCUT2D eigenvalue weighted by atomic mass is 9.82. The molecule has 1 aliphatic carbocycles. The number of rotatable bonds is 6. The molecule has 17 heavy (non-hydrogen) atoms. The average Bonchev–Trinajstić information content (AvgIpc) is 2.29. The molecule has 1 fully saturated rings. The Morgan fingerprint density at radius 3 is 2.41 bits per heavy atom. The lowest BCUT2D eigenvalue weighted by molar-refractivity contribution is 0.0128. The second-order valence-electron chi connectivity index (χ2n) is 5.86. The summed E-state index contributed by atoms with van der Waals surface area (Å²) >= 11 is 0. The van der Waals surface area contributed by atoms with Crippen LogP contribution in [0.25, 0.3) is 0 Å². The molecule has 0 radical (unpaired) electrons. The first-order chi connectivity index (χ1) is 8.04. The van der Waals surface area contributed by atoms with Crippen LogP contribution in [0, 0.1) is 5.92 Å². The molecule has 0 aromatic rings. The number of likely N-dealkylation sites (N-methyl/N-ethyl adjacent to an activating group) is 1. The van der Waals surface area contributed by atoms with Crippen LogP contribution in [0.1, 0.15) is 39.0 Å². The molecule has 1 N–H and O–H groups in total. The zero-order valence-corrected chi connectivity index (χ0v) is 12.0. The van der Waals surface area contributed by atoms with E-state index in [9.17, 15) is 5.11 Å². The van der Waals surface area contributed by atoms with Gasteiger partial charge in [0.05, 0.1) is 6.10 Å². The van der Waals surface area contributed by atoms with E-state index in [2.05, 4.69) is 37.9 Å². The van der Waals surface area contributed by atoms with Gasteiger partial charge in [-0.05, 0) is 65.8 Å². The van der Waals surface area contributed by atoms with E-state index in [1.54, 1.807) is 0 Å². The fourth-order valence-corrected chi connectivity index (χ4v) is 2.86. The standard InChI is InChI=1S/C14H30N2O/c1-5-12-7-8-14(17)13(11-12)16(4)10-6-9-15(2)3/h12-14,17H,5-11H2,1-4H3. The van der Waals surface area contributed by atoms with Crippen LogP contribution in [0.15, 0.2) is 0 Å². The minimum absolute atomic E-state index is 0.109. The van der Waals surface area contributed by atoms with Crippen molar-refractivity contribution >= 4 is 0 Å². The van der Waals surface area contributed by atoms with E-state index in [1.165, 1.54) is 25.7 Å². The third-order valence-electron chi connectivity index (χ3n) is 4.15. The van der Waals surface area contributed by atoms with E-state index in [0.29, 0.717) is 6.04 Å². The molecular formula is C14H30N2O. The molecule has 0 aliphatic heterocycles. The highest BCUT2D eigenvalue weighted by molar-refractivity contribution is 4.85. The molecular weight excluding hydrogens is 212 g/mol. The summed E-state index contributed by atoms with van der Waals surface area (Å²) in [5.41, 5.74) is 0. The molecule has 3 atom stereocenters. The molecule has 0 bridgehead atoms. The van der Waals surface area contributed by atoms with Crippen molar-refractivity contribution in [2.24, 2.45) is 5.92 Å². The zero-order chi connectivity index (χ0) is 12.8. The molecule has 0 saturated heterocycles. The molecule has 0 spiro atoms. The van der Waals surface area contributed by atoms with Crippen LogP contribution < -0.4 is 0 Å². The largest absolute Gasteiger partial charge is 0.391 e. The third-order valence-corrected chi connectivity index (χ3v) is 4.15. The first-order valence-corrected chi connectivity index (χ1v) is 7.07. The Kier molecular flexibility index (Phi) is 6.45. The van der Waals surface area contributed by atoms with Crippen molar-refractivity contribution in [1.82, 2.24) is 9.80 Å². The number of hydrogen-bond acceptors (Lipinski definition) is 3. The predicted molar refractivity (Wildman–Crippen MR) is 73.2 cm³/mol. The first kappa shape index (κ1) is 14.9. The highest BCUT2D eigenvalue weighted by Gasteiger charge is 2.30. The van der Waals surface area contributed by atoms with Crippen LogP contribution in [0.2, 0.25) is 0 Å². The number of aliphatic hydroxyl groups excluding tert-OH is 1. The van der Waals surface area contributed by atoms with Crippen LogP contribution in [0.3, 0.4) is 0 Å². The molecule has 3 heteroatoms. The second-order valence-corrected chi connectivity index (χ2v) is 5.86. The topological polar surface area (TPSA) is 26.7 Å². The smallest absolute Gasteiger partial charge is 0.0695 e. The Balaban J connectivity index is 2.34. The highest BCUT2D eigenvalue weighted by Crippen LogP contribution is 2.29. The average molecular weight is 242 g/mol. The van der Waals surface area contributed by atoms with E-state index < -0.39 is 0 Å². The van der Waals surface area contributed by atoms with Crippen molar-refractivity contribution in [2.75, 3.05) is 34.2 Å². The Hall–Kier alpha value is -0.120. The summed E-state index contributed by atoms with van der Waals surface area (Å²) in [6.45, 7) is 4.49. The summed E-state index contributed by atoms with van der Waals surface area (Å²) in [5, 5.41) is 10.1. The van der Waals surface area contributed by atoms with Crippen molar-refractivity contribution in [3.8, 4) is 0 Å². The van der Waals surface area contributed by atoms with Crippen LogP contribution in [-0.4, -0.2) is 61.3 Å². The monoisotopic (exact) mass is 242 g/mol. The molecule has 1 aliphatic rings. The lowest BCUT2D eigenvalue weighted by Gasteiger charge is -2.38. The minimum atomic E-state index is -0.109. The third kappa shape index (κ3) is 4.94. The quantitative estimate of drug-likeness (QED) is 0.769. The molecule has 0 aromatic carbocycles. The van der Waals surface area contributed by atoms with Crippen molar-refractivity contribution in [3.05, 3.63) is 0 Å². The van der Waals surface area contributed by atoms with Crippen molar-refractivity contribution in [1.29, 1.82) is 0 Å². The van der Waals surface area contributed by atoms with Crippen LogP contribution in [0.4, 0.5) is 0 Å². The van der Waals surface area contributed by atoms with E-state index in [0.717, 1.165) is 25.4 Å². The fourth-order valence-electron chi connectivity index (χ4n) is 2.86. The fraction of sp³-hybridized carbons (Fsp3) is 1.00. The van der Waals surface area contributed by atoms with Crippen LogP contribution in [0.5, 0.6) is 0 Å². The van der Waals surface area contributed by atoms with Crippen molar-refractivity contribution in [2.45, 2.75) is 51.2 Å². The van der Waals surface area contributed by atoms with Gasteiger partial charge in [0.25, 0.3) is 0 Å². The SMILES string of the molecule is CCC1CCC(O)C(N(C)CCCN(C)C)C1. The summed E-state index contributed by atoms with van der Waals surface area (Å²) in [4.78, 5) is 4.59. The zero-order valence-electron chi connectivity index (χ0n) is 12.0. The van der Waals surface area contributed by atoms with E-state index in [1.807, 2.05) is 0 Å². The Morgan fingerprint density at radius 1 is 1.12 bits per heavy atom. The van der Waals surface area contributed by atoms with Gasteiger partial charge in [-0.3, -0.25) is 0 Å². The Labute approximate surface area is 107 Å². The van der Waals surface area contributed by atoms with Gasteiger partial charge < -0.3 is 14.9 Å². The van der Waals surface area contributed by atoms with Gasteiger partial charge in [0.1, 0.15) is 0 Å². The molecule has 0 amide bonds. The van der Waals surface area contributed by atoms with E-state index >= 15 is 0 Å². The van der Waals surface area contributed by atoms with E-state index in [4.69, 9.17) is 0 Å². The highest BCUT2D eigenvalue weighted by atomic mass is 16.3. The minimum Gasteiger partial charge on any atom is -0.391 e. The lowest BCUT2D eigenvalue weighted by Crippen LogP contribution is -2.46. The Bertz CT molecular complexity index is 208. The van der Waals surface area contributed by atoms with Gasteiger partial charge in [-0.25, -0.2) is 0 Å². The molecule has 0 heterocycles. The van der Waals surface area contributed by atoms with Crippen LogP contribution >= 0.6 is 0 Å². The number of hydrogen-bond donors (Lipinski definition) is 1. The molecule has 1 rings (SSSR count). The van der Waals surface area contributed by atoms with Gasteiger partial charge in [-0.15, -0.1) is 0 Å². The molecule has 0 aromatic heterocycles. The summed E-state index contributed by atoms with van der Waals surface area (Å²) in [5.74, 6) is 0.819. The Morgan fingerprint density at radius 2 is 1.82 bits per heavy atom.